The van der Waals surface area contributed by atoms with Crippen LogP contribution in [0.2, 0.25) is 0 Å². The second-order valence-electron chi connectivity index (χ2n) is 5.21. The van der Waals surface area contributed by atoms with Gasteiger partial charge in [0.15, 0.2) is 0 Å². The molecule has 0 aromatic heterocycles. The molecule has 0 unspecified atom stereocenters. The van der Waals surface area contributed by atoms with E-state index in [1.807, 2.05) is 6.92 Å². The maximum Gasteiger partial charge on any atom is 0.423 e. The van der Waals surface area contributed by atoms with Gasteiger partial charge in [0.25, 0.3) is 0 Å². The van der Waals surface area contributed by atoms with Gasteiger partial charge in [0.2, 0.25) is 10.0 Å². The molecule has 0 atom stereocenters. The zero-order valence-corrected chi connectivity index (χ0v) is 14.6. The maximum absolute atomic E-state index is 12.3. The zero-order chi connectivity index (χ0) is 16.1. The van der Waals surface area contributed by atoms with Crippen LogP contribution in [0.25, 0.3) is 0 Å². The topological polar surface area (TPSA) is 63.7 Å². The number of hydrogen-bond donors (Lipinski definition) is 0. The van der Waals surface area contributed by atoms with Gasteiger partial charge in [-0.05, 0) is 19.8 Å². The molecule has 0 rings (SSSR count). The standard InChI is InChI=1S/C15H31NO4S/c1-4-7-9-10-11-12-14-21(18,19)16(13-8-5-2)15(17)20-6-3/h4-14H2,1-3H3. The molecular formula is C15H31NO4S. The molecule has 0 N–H and O–H groups in total. The van der Waals surface area contributed by atoms with E-state index in [2.05, 4.69) is 6.92 Å². The van der Waals surface area contributed by atoms with E-state index in [1.165, 1.54) is 12.8 Å². The van der Waals surface area contributed by atoms with Gasteiger partial charge in [-0.25, -0.2) is 17.5 Å². The molecule has 0 radical (unpaired) electrons. The van der Waals surface area contributed by atoms with Crippen molar-refractivity contribution in [2.24, 2.45) is 0 Å². The van der Waals surface area contributed by atoms with Crippen LogP contribution in [0.4, 0.5) is 4.79 Å². The third kappa shape index (κ3) is 8.96. The summed E-state index contributed by atoms with van der Waals surface area (Å²) in [4.78, 5) is 11.8. The zero-order valence-electron chi connectivity index (χ0n) is 13.8. The number of amides is 1. The van der Waals surface area contributed by atoms with E-state index >= 15 is 0 Å². The van der Waals surface area contributed by atoms with Gasteiger partial charge in [0.05, 0.1) is 12.4 Å². The number of hydrogen-bond acceptors (Lipinski definition) is 4. The smallest absolute Gasteiger partial charge is 0.423 e. The Morgan fingerprint density at radius 1 is 0.905 bits per heavy atom. The summed E-state index contributed by atoms with van der Waals surface area (Å²) in [5.41, 5.74) is 0. The lowest BCUT2D eigenvalue weighted by molar-refractivity contribution is 0.130. The summed E-state index contributed by atoms with van der Waals surface area (Å²) in [5, 5.41) is 0. The molecule has 0 aliphatic heterocycles. The van der Waals surface area contributed by atoms with Gasteiger partial charge in [-0.3, -0.25) is 0 Å². The molecule has 0 aromatic carbocycles. The molecule has 1 amide bonds. The third-order valence-corrected chi connectivity index (χ3v) is 5.09. The van der Waals surface area contributed by atoms with Gasteiger partial charge in [0, 0.05) is 6.54 Å². The highest BCUT2D eigenvalue weighted by atomic mass is 32.2. The SMILES string of the molecule is CCCCCCCCS(=O)(=O)N(CCCC)C(=O)OCC. The van der Waals surface area contributed by atoms with E-state index in [-0.39, 0.29) is 18.9 Å². The van der Waals surface area contributed by atoms with Crippen molar-refractivity contribution in [2.75, 3.05) is 18.9 Å². The molecule has 0 heterocycles. The molecule has 0 aromatic rings. The first-order valence-corrected chi connectivity index (χ1v) is 9.77. The Morgan fingerprint density at radius 2 is 1.48 bits per heavy atom. The number of nitrogens with zero attached hydrogens (tertiary/aromatic N) is 1. The number of ether oxygens (including phenoxy) is 1. The van der Waals surface area contributed by atoms with Crippen LogP contribution in [-0.4, -0.2) is 37.7 Å². The Morgan fingerprint density at radius 3 is 2.05 bits per heavy atom. The van der Waals surface area contributed by atoms with Crippen molar-refractivity contribution in [2.45, 2.75) is 72.1 Å². The van der Waals surface area contributed by atoms with Crippen molar-refractivity contribution < 1.29 is 17.9 Å². The highest BCUT2D eigenvalue weighted by Gasteiger charge is 2.27. The van der Waals surface area contributed by atoms with E-state index in [0.29, 0.717) is 12.8 Å². The second-order valence-corrected chi connectivity index (χ2v) is 7.22. The predicted molar refractivity (Wildman–Crippen MR) is 85.8 cm³/mol. The summed E-state index contributed by atoms with van der Waals surface area (Å²) < 4.78 is 30.3. The Kier molecular flexibility index (Phi) is 11.4. The van der Waals surface area contributed by atoms with Crippen LogP contribution in [0.5, 0.6) is 0 Å². The first-order valence-electron chi connectivity index (χ1n) is 8.16. The van der Waals surface area contributed by atoms with Crippen molar-refractivity contribution >= 4 is 16.1 Å². The average molecular weight is 321 g/mol. The predicted octanol–water partition coefficient (Wildman–Crippen LogP) is 3.94. The fourth-order valence-corrected chi connectivity index (χ4v) is 3.49. The highest BCUT2D eigenvalue weighted by molar-refractivity contribution is 7.89. The van der Waals surface area contributed by atoms with E-state index in [0.717, 1.165) is 30.0 Å². The minimum Gasteiger partial charge on any atom is -0.449 e. The van der Waals surface area contributed by atoms with Crippen LogP contribution in [0.15, 0.2) is 0 Å². The minimum atomic E-state index is -3.55. The van der Waals surface area contributed by atoms with E-state index in [4.69, 9.17) is 4.74 Å². The molecule has 126 valence electrons. The normalized spacial score (nSPS) is 11.4. The van der Waals surface area contributed by atoms with Crippen LogP contribution < -0.4 is 0 Å². The summed E-state index contributed by atoms with van der Waals surface area (Å²) in [7, 11) is -3.55. The van der Waals surface area contributed by atoms with Gasteiger partial charge in [-0.2, -0.15) is 0 Å². The van der Waals surface area contributed by atoms with Crippen LogP contribution in [0.1, 0.15) is 72.1 Å². The monoisotopic (exact) mass is 321 g/mol. The van der Waals surface area contributed by atoms with Crippen molar-refractivity contribution in [3.63, 3.8) is 0 Å². The Bertz CT molecular complexity index is 368. The lowest BCUT2D eigenvalue weighted by Gasteiger charge is -2.21. The Hall–Kier alpha value is -0.780. The molecule has 21 heavy (non-hydrogen) atoms. The van der Waals surface area contributed by atoms with Crippen molar-refractivity contribution in [3.05, 3.63) is 0 Å². The first-order chi connectivity index (χ1) is 9.99. The molecule has 0 saturated carbocycles. The Labute approximate surface area is 130 Å². The van der Waals surface area contributed by atoms with E-state index < -0.39 is 16.1 Å². The summed E-state index contributed by atoms with van der Waals surface area (Å²) in [6.07, 6.45) is 6.82. The summed E-state index contributed by atoms with van der Waals surface area (Å²) >= 11 is 0. The molecular weight excluding hydrogens is 290 g/mol. The third-order valence-electron chi connectivity index (χ3n) is 3.28. The largest absolute Gasteiger partial charge is 0.449 e. The van der Waals surface area contributed by atoms with Crippen molar-refractivity contribution in [1.29, 1.82) is 0 Å². The lowest BCUT2D eigenvalue weighted by Crippen LogP contribution is -2.39. The fourth-order valence-electron chi connectivity index (χ4n) is 2.02. The first kappa shape index (κ1) is 20.2. The van der Waals surface area contributed by atoms with E-state index in [9.17, 15) is 13.2 Å². The molecule has 0 spiro atoms. The number of carbonyl (C=O) groups excluding carboxylic acids is 1. The van der Waals surface area contributed by atoms with Gasteiger partial charge < -0.3 is 4.74 Å². The van der Waals surface area contributed by atoms with Gasteiger partial charge in [-0.1, -0.05) is 52.4 Å². The van der Waals surface area contributed by atoms with Crippen LogP contribution >= 0.6 is 0 Å². The molecule has 0 fully saturated rings. The number of rotatable bonds is 12. The number of unbranched alkanes of at least 4 members (excludes halogenated alkanes) is 6. The number of carbonyl (C=O) groups is 1. The molecule has 0 aliphatic rings. The fraction of sp³-hybridized carbons (Fsp3) is 0.933. The second kappa shape index (κ2) is 11.8. The van der Waals surface area contributed by atoms with Crippen molar-refractivity contribution in [1.82, 2.24) is 4.31 Å². The highest BCUT2D eigenvalue weighted by Crippen LogP contribution is 2.12. The minimum absolute atomic E-state index is 0.0294. The molecule has 5 nitrogen and oxygen atoms in total. The molecule has 6 heteroatoms. The average Bonchev–Trinajstić information content (AvgIpc) is 2.43. The quantitative estimate of drug-likeness (QED) is 0.511. The summed E-state index contributed by atoms with van der Waals surface area (Å²) in [6.45, 7) is 6.19. The van der Waals surface area contributed by atoms with Gasteiger partial charge in [-0.15, -0.1) is 0 Å². The molecule has 0 bridgehead atoms. The molecule has 0 saturated heterocycles. The van der Waals surface area contributed by atoms with Gasteiger partial charge in [0.1, 0.15) is 0 Å². The maximum atomic E-state index is 12.3. The number of sulfonamides is 1. The van der Waals surface area contributed by atoms with Crippen LogP contribution in [0, 0.1) is 0 Å². The lowest BCUT2D eigenvalue weighted by atomic mass is 10.1. The van der Waals surface area contributed by atoms with Crippen LogP contribution in [0.3, 0.4) is 0 Å². The van der Waals surface area contributed by atoms with Gasteiger partial charge >= 0.3 is 6.09 Å². The van der Waals surface area contributed by atoms with E-state index in [1.54, 1.807) is 6.92 Å². The molecule has 0 aliphatic carbocycles. The van der Waals surface area contributed by atoms with Crippen molar-refractivity contribution in [3.8, 4) is 0 Å². The summed E-state index contributed by atoms with van der Waals surface area (Å²) in [5.74, 6) is 0.0294. The summed E-state index contributed by atoms with van der Waals surface area (Å²) in [6, 6.07) is 0. The Balaban J connectivity index is 4.38. The van der Waals surface area contributed by atoms with Crippen LogP contribution in [-0.2, 0) is 14.8 Å².